The van der Waals surface area contributed by atoms with E-state index in [2.05, 4.69) is 31.9 Å². The normalized spacial score (nSPS) is 37.4. The van der Waals surface area contributed by atoms with E-state index in [0.29, 0.717) is 0 Å². The minimum absolute atomic E-state index is 0.0898. The molecule has 25 heavy (non-hydrogen) atoms. The lowest BCUT2D eigenvalue weighted by atomic mass is 9.81. The van der Waals surface area contributed by atoms with Crippen LogP contribution in [-0.4, -0.2) is 43.5 Å². The third-order valence-electron chi connectivity index (χ3n) is 5.89. The highest BCUT2D eigenvalue weighted by atomic mass is 79.9. The third-order valence-corrected chi connectivity index (χ3v) is 9.10. The lowest BCUT2D eigenvalue weighted by Gasteiger charge is -2.28. The molecule has 1 aliphatic heterocycles. The van der Waals surface area contributed by atoms with Crippen molar-refractivity contribution >= 4 is 49.6 Å². The largest absolute Gasteiger partial charge is 0.480 e. The van der Waals surface area contributed by atoms with Crippen molar-refractivity contribution in [1.82, 2.24) is 4.90 Å². The Balaban J connectivity index is 1.65. The summed E-state index contributed by atoms with van der Waals surface area (Å²) < 4.78 is 0. The molecular formula is C18H17Br2NO4. The molecule has 1 aromatic carbocycles. The molecule has 4 rings (SSSR count). The number of fused-ring (bicyclic) bond motifs is 5. The Kier molecular flexibility index (Phi) is 4.27. The van der Waals surface area contributed by atoms with Crippen molar-refractivity contribution < 1.29 is 19.5 Å². The minimum atomic E-state index is -1.14. The molecule has 132 valence electrons. The molecule has 2 amide bonds. The molecule has 0 spiro atoms. The van der Waals surface area contributed by atoms with Crippen molar-refractivity contribution in [3.63, 3.8) is 0 Å². The quantitative estimate of drug-likeness (QED) is 0.541. The van der Waals surface area contributed by atoms with Gasteiger partial charge in [0.05, 0.1) is 11.8 Å². The van der Waals surface area contributed by atoms with E-state index >= 15 is 0 Å². The molecule has 1 aromatic rings. The molecule has 0 radical (unpaired) electrons. The molecule has 1 heterocycles. The second kappa shape index (κ2) is 6.20. The van der Waals surface area contributed by atoms with Gasteiger partial charge in [0, 0.05) is 16.1 Å². The van der Waals surface area contributed by atoms with Crippen LogP contribution >= 0.6 is 31.9 Å². The molecule has 3 fully saturated rings. The number of nitrogens with zero attached hydrogens (tertiary/aromatic N) is 1. The average molecular weight is 471 g/mol. The summed E-state index contributed by atoms with van der Waals surface area (Å²) in [4.78, 5) is 39.1. The standard InChI is InChI=1S/C18H17Br2NO4/c19-14-9-7-10(15(14)20)13-12(9)16(22)21(17(13)23)11(18(24)25)6-8-4-2-1-3-5-8/h1-5,9-15H,6-7H2,(H,24,25)/t9-,10-,11+,12-,13+,14-,15+/m1/s1. The van der Waals surface area contributed by atoms with Crippen molar-refractivity contribution in [2.45, 2.75) is 28.5 Å². The summed E-state index contributed by atoms with van der Waals surface area (Å²) in [6, 6.07) is 7.97. The van der Waals surface area contributed by atoms with Crippen LogP contribution in [0.4, 0.5) is 0 Å². The third kappa shape index (κ3) is 2.50. The van der Waals surface area contributed by atoms with E-state index < -0.39 is 12.0 Å². The van der Waals surface area contributed by atoms with Gasteiger partial charge in [-0.3, -0.25) is 14.5 Å². The Morgan fingerprint density at radius 3 is 2.08 bits per heavy atom. The molecule has 2 aliphatic carbocycles. The van der Waals surface area contributed by atoms with Gasteiger partial charge in [0.15, 0.2) is 0 Å². The predicted octanol–water partition coefficient (Wildman–Crippen LogP) is 2.46. The maximum Gasteiger partial charge on any atom is 0.327 e. The van der Waals surface area contributed by atoms with Gasteiger partial charge in [0.2, 0.25) is 11.8 Å². The van der Waals surface area contributed by atoms with Crippen LogP contribution in [-0.2, 0) is 20.8 Å². The topological polar surface area (TPSA) is 74.7 Å². The molecule has 5 nitrogen and oxygen atoms in total. The van der Waals surface area contributed by atoms with Gasteiger partial charge in [-0.1, -0.05) is 62.2 Å². The minimum Gasteiger partial charge on any atom is -0.480 e. The predicted molar refractivity (Wildman–Crippen MR) is 97.4 cm³/mol. The number of amides is 2. The fraction of sp³-hybridized carbons (Fsp3) is 0.500. The Hall–Kier alpha value is -1.21. The van der Waals surface area contributed by atoms with Crippen molar-refractivity contribution in [2.75, 3.05) is 0 Å². The maximum atomic E-state index is 13.0. The molecular weight excluding hydrogens is 454 g/mol. The van der Waals surface area contributed by atoms with Gasteiger partial charge >= 0.3 is 5.97 Å². The monoisotopic (exact) mass is 469 g/mol. The number of alkyl halides is 2. The van der Waals surface area contributed by atoms with Crippen molar-refractivity contribution in [3.05, 3.63) is 35.9 Å². The number of imide groups is 1. The van der Waals surface area contributed by atoms with Crippen molar-refractivity contribution in [2.24, 2.45) is 23.7 Å². The second-order valence-corrected chi connectivity index (χ2v) is 9.21. The Labute approximate surface area is 162 Å². The molecule has 2 bridgehead atoms. The number of likely N-dealkylation sites (tertiary alicyclic amines) is 1. The molecule has 7 heteroatoms. The second-order valence-electron chi connectivity index (χ2n) is 7.09. The Morgan fingerprint density at radius 2 is 1.60 bits per heavy atom. The summed E-state index contributed by atoms with van der Waals surface area (Å²) in [6.45, 7) is 0. The van der Waals surface area contributed by atoms with E-state index in [-0.39, 0.29) is 51.6 Å². The van der Waals surface area contributed by atoms with E-state index in [1.807, 2.05) is 30.3 Å². The first kappa shape index (κ1) is 17.2. The van der Waals surface area contributed by atoms with Gasteiger partial charge in [0.1, 0.15) is 6.04 Å². The molecule has 1 N–H and O–H groups in total. The van der Waals surface area contributed by atoms with E-state index in [0.717, 1.165) is 16.9 Å². The fourth-order valence-corrected chi connectivity index (χ4v) is 6.68. The summed E-state index contributed by atoms with van der Waals surface area (Å²) in [5.41, 5.74) is 0.798. The number of benzene rings is 1. The first-order valence-electron chi connectivity index (χ1n) is 8.33. The van der Waals surface area contributed by atoms with E-state index in [1.54, 1.807) is 0 Å². The summed E-state index contributed by atoms with van der Waals surface area (Å²) in [5.74, 6) is -2.34. The smallest absolute Gasteiger partial charge is 0.327 e. The van der Waals surface area contributed by atoms with Crippen LogP contribution in [0.3, 0.4) is 0 Å². The van der Waals surface area contributed by atoms with Crippen molar-refractivity contribution in [3.8, 4) is 0 Å². The number of carbonyl (C=O) groups excluding carboxylic acids is 2. The average Bonchev–Trinajstić information content (AvgIpc) is 3.19. The van der Waals surface area contributed by atoms with E-state index in [4.69, 9.17) is 0 Å². The SMILES string of the molecule is O=C(O)[C@H](Cc1ccccc1)N1C(=O)[C@@H]2[C@H]3C[C@@H]([C@H](Br)[C@@H]3Br)[C@@H]2C1=O. The van der Waals surface area contributed by atoms with Crippen LogP contribution in [0.25, 0.3) is 0 Å². The maximum absolute atomic E-state index is 13.0. The summed E-state index contributed by atoms with van der Waals surface area (Å²) in [7, 11) is 0. The summed E-state index contributed by atoms with van der Waals surface area (Å²) in [6.07, 6.45) is 0.973. The van der Waals surface area contributed by atoms with Crippen LogP contribution in [0.1, 0.15) is 12.0 Å². The van der Waals surface area contributed by atoms with Gasteiger partial charge in [-0.05, 0) is 23.8 Å². The van der Waals surface area contributed by atoms with E-state index in [1.165, 1.54) is 0 Å². The zero-order valence-electron chi connectivity index (χ0n) is 13.2. The highest BCUT2D eigenvalue weighted by Crippen LogP contribution is 2.60. The lowest BCUT2D eigenvalue weighted by Crippen LogP contribution is -2.47. The summed E-state index contributed by atoms with van der Waals surface area (Å²) >= 11 is 7.28. The van der Waals surface area contributed by atoms with Crippen LogP contribution < -0.4 is 0 Å². The zero-order chi connectivity index (χ0) is 17.9. The van der Waals surface area contributed by atoms with E-state index in [9.17, 15) is 19.5 Å². The summed E-state index contributed by atoms with van der Waals surface area (Å²) in [5, 5.41) is 9.68. The van der Waals surface area contributed by atoms with Gasteiger partial charge in [-0.2, -0.15) is 0 Å². The van der Waals surface area contributed by atoms with Crippen LogP contribution in [0.15, 0.2) is 30.3 Å². The van der Waals surface area contributed by atoms with Crippen LogP contribution in [0.5, 0.6) is 0 Å². The number of carboxylic acids is 1. The van der Waals surface area contributed by atoms with Crippen LogP contribution in [0.2, 0.25) is 0 Å². The zero-order valence-corrected chi connectivity index (χ0v) is 16.4. The number of aliphatic carboxylic acids is 1. The number of hydrogen-bond acceptors (Lipinski definition) is 3. The number of rotatable bonds is 4. The number of hydrogen-bond donors (Lipinski definition) is 1. The molecule has 0 unspecified atom stereocenters. The van der Waals surface area contributed by atoms with Gasteiger partial charge in [0.25, 0.3) is 0 Å². The van der Waals surface area contributed by atoms with Gasteiger partial charge in [-0.25, -0.2) is 4.79 Å². The number of carboxylic acid groups (broad SMARTS) is 1. The number of carbonyl (C=O) groups is 3. The molecule has 2 saturated carbocycles. The van der Waals surface area contributed by atoms with Gasteiger partial charge in [-0.15, -0.1) is 0 Å². The lowest BCUT2D eigenvalue weighted by molar-refractivity contribution is -0.155. The number of halogens is 2. The molecule has 1 saturated heterocycles. The van der Waals surface area contributed by atoms with Crippen molar-refractivity contribution in [1.29, 1.82) is 0 Å². The Morgan fingerprint density at radius 1 is 1.08 bits per heavy atom. The molecule has 7 atom stereocenters. The highest BCUT2D eigenvalue weighted by Gasteiger charge is 2.67. The first-order valence-corrected chi connectivity index (χ1v) is 10.2. The first-order chi connectivity index (χ1) is 11.9. The van der Waals surface area contributed by atoms with Gasteiger partial charge < -0.3 is 5.11 Å². The van der Waals surface area contributed by atoms with Crippen LogP contribution in [0, 0.1) is 23.7 Å². The molecule has 3 aliphatic rings. The molecule has 0 aromatic heterocycles. The fourth-order valence-electron chi connectivity index (χ4n) is 4.81. The highest BCUT2D eigenvalue weighted by molar-refractivity contribution is 9.12. The Bertz CT molecular complexity index is 708.